The van der Waals surface area contributed by atoms with Gasteiger partial charge in [0.2, 0.25) is 0 Å². The number of hydrogen-bond donors (Lipinski definition) is 0. The summed E-state index contributed by atoms with van der Waals surface area (Å²) in [5.74, 6) is -1.94. The summed E-state index contributed by atoms with van der Waals surface area (Å²) in [5.41, 5.74) is 1.38. The van der Waals surface area contributed by atoms with E-state index in [0.717, 1.165) is 17.0 Å². The molecule has 0 saturated heterocycles. The normalized spacial score (nSPS) is 13.4. The second-order valence-electron chi connectivity index (χ2n) is 5.61. The number of nitrogens with zero attached hydrogens (tertiary/aromatic N) is 3. The van der Waals surface area contributed by atoms with Crippen LogP contribution in [0.15, 0.2) is 54.7 Å². The maximum atomic E-state index is 13.3. The number of aromatic nitrogens is 2. The lowest BCUT2D eigenvalue weighted by molar-refractivity contribution is 0.0640. The molecule has 2 amide bonds. The van der Waals surface area contributed by atoms with Crippen molar-refractivity contribution in [3.63, 3.8) is 0 Å². The van der Waals surface area contributed by atoms with Gasteiger partial charge in [-0.25, -0.2) is 13.5 Å². The molecule has 4 rings (SSSR count). The highest BCUT2D eigenvalue weighted by Gasteiger charge is 2.36. The molecule has 3 aromatic rings. The minimum absolute atomic E-state index is 0.0256. The first-order chi connectivity index (χ1) is 12.0. The van der Waals surface area contributed by atoms with Crippen LogP contribution in [0.3, 0.4) is 0 Å². The van der Waals surface area contributed by atoms with Gasteiger partial charge in [0, 0.05) is 6.20 Å². The van der Waals surface area contributed by atoms with Gasteiger partial charge in [-0.15, -0.1) is 0 Å². The van der Waals surface area contributed by atoms with Crippen molar-refractivity contribution >= 4 is 11.8 Å². The van der Waals surface area contributed by atoms with E-state index in [0.29, 0.717) is 11.4 Å². The van der Waals surface area contributed by atoms with Crippen molar-refractivity contribution in [1.82, 2.24) is 14.7 Å². The third-order valence-corrected chi connectivity index (χ3v) is 3.99. The van der Waals surface area contributed by atoms with Crippen molar-refractivity contribution in [1.29, 1.82) is 0 Å². The molecule has 2 heterocycles. The van der Waals surface area contributed by atoms with Crippen molar-refractivity contribution in [3.8, 4) is 5.69 Å². The van der Waals surface area contributed by atoms with E-state index in [2.05, 4.69) is 5.10 Å². The van der Waals surface area contributed by atoms with Gasteiger partial charge in [-0.2, -0.15) is 5.10 Å². The first-order valence-electron chi connectivity index (χ1n) is 7.49. The van der Waals surface area contributed by atoms with Crippen LogP contribution >= 0.6 is 0 Å². The van der Waals surface area contributed by atoms with Gasteiger partial charge in [-0.05, 0) is 48.5 Å². The molecule has 0 radical (unpaired) electrons. The number of rotatable bonds is 3. The minimum atomic E-state index is -0.567. The lowest BCUT2D eigenvalue weighted by atomic mass is 10.1. The van der Waals surface area contributed by atoms with Gasteiger partial charge >= 0.3 is 0 Å². The van der Waals surface area contributed by atoms with E-state index in [1.54, 1.807) is 24.4 Å². The van der Waals surface area contributed by atoms with Crippen LogP contribution in [-0.2, 0) is 6.54 Å². The molecule has 1 aliphatic heterocycles. The topological polar surface area (TPSA) is 55.2 Å². The molecule has 25 heavy (non-hydrogen) atoms. The number of carbonyl (C=O) groups excluding carboxylic acids is 2. The lowest BCUT2D eigenvalue weighted by Gasteiger charge is -2.11. The molecule has 0 bridgehead atoms. The Kier molecular flexibility index (Phi) is 3.42. The fraction of sp³-hybridized carbons (Fsp3) is 0.0556. The Morgan fingerprint density at radius 3 is 2.28 bits per heavy atom. The first-order valence-corrected chi connectivity index (χ1v) is 7.49. The smallest absolute Gasteiger partial charge is 0.262 e. The van der Waals surface area contributed by atoms with E-state index in [4.69, 9.17) is 0 Å². The predicted molar refractivity (Wildman–Crippen MR) is 84.1 cm³/mol. The molecule has 0 saturated carbocycles. The van der Waals surface area contributed by atoms with Gasteiger partial charge in [0.25, 0.3) is 11.8 Å². The summed E-state index contributed by atoms with van der Waals surface area (Å²) in [6.07, 6.45) is 1.65. The summed E-state index contributed by atoms with van der Waals surface area (Å²) in [4.78, 5) is 25.7. The summed E-state index contributed by atoms with van der Waals surface area (Å²) in [6, 6.07) is 10.9. The third kappa shape index (κ3) is 2.59. The molecule has 0 N–H and O–H groups in total. The highest BCUT2D eigenvalue weighted by Crippen LogP contribution is 2.25. The van der Waals surface area contributed by atoms with Gasteiger partial charge in [-0.3, -0.25) is 14.5 Å². The highest BCUT2D eigenvalue weighted by atomic mass is 19.1. The van der Waals surface area contributed by atoms with Crippen molar-refractivity contribution in [2.75, 3.05) is 0 Å². The van der Waals surface area contributed by atoms with E-state index in [9.17, 15) is 18.4 Å². The molecule has 0 fully saturated rings. The van der Waals surface area contributed by atoms with Crippen LogP contribution in [0.2, 0.25) is 0 Å². The van der Waals surface area contributed by atoms with Crippen molar-refractivity contribution in [3.05, 3.63) is 83.2 Å². The Bertz CT molecular complexity index is 996. The largest absolute Gasteiger partial charge is 0.269 e. The van der Waals surface area contributed by atoms with Crippen LogP contribution in [0.1, 0.15) is 26.4 Å². The quantitative estimate of drug-likeness (QED) is 0.690. The summed E-state index contributed by atoms with van der Waals surface area (Å²) in [5, 5.41) is 4.30. The van der Waals surface area contributed by atoms with E-state index < -0.39 is 17.6 Å². The van der Waals surface area contributed by atoms with Gasteiger partial charge in [-0.1, -0.05) is 0 Å². The standard InChI is InChI=1S/C18H11F2N3O2/c19-11-1-4-14(5-2-11)23-8-7-13(21-23)10-22-17(24)15-6-3-12(20)9-16(15)18(22)25/h1-9H,10H2. The minimum Gasteiger partial charge on any atom is -0.269 e. The zero-order chi connectivity index (χ0) is 17.6. The fourth-order valence-electron chi connectivity index (χ4n) is 2.75. The predicted octanol–water partition coefficient (Wildman–Crippen LogP) is 2.95. The number of hydrogen-bond acceptors (Lipinski definition) is 3. The van der Waals surface area contributed by atoms with E-state index in [1.165, 1.54) is 22.9 Å². The van der Waals surface area contributed by atoms with Gasteiger partial charge in [0.15, 0.2) is 0 Å². The van der Waals surface area contributed by atoms with E-state index in [1.807, 2.05) is 0 Å². The average molecular weight is 339 g/mol. The Morgan fingerprint density at radius 1 is 0.840 bits per heavy atom. The van der Waals surface area contributed by atoms with Crippen LogP contribution in [-0.4, -0.2) is 26.5 Å². The molecule has 0 aliphatic carbocycles. The van der Waals surface area contributed by atoms with Crippen LogP contribution < -0.4 is 0 Å². The lowest BCUT2D eigenvalue weighted by Crippen LogP contribution is -2.29. The first kappa shape index (κ1) is 15.2. The Hall–Kier alpha value is -3.35. The molecular weight excluding hydrogens is 328 g/mol. The Balaban J connectivity index is 1.58. The van der Waals surface area contributed by atoms with Crippen molar-refractivity contribution < 1.29 is 18.4 Å². The number of halogens is 2. The van der Waals surface area contributed by atoms with Crippen LogP contribution in [0.5, 0.6) is 0 Å². The Labute approximate surface area is 141 Å². The molecule has 0 atom stereocenters. The SMILES string of the molecule is O=C1c2ccc(F)cc2C(=O)N1Cc1ccn(-c2ccc(F)cc2)n1. The second-order valence-corrected chi connectivity index (χ2v) is 5.61. The maximum absolute atomic E-state index is 13.3. The van der Waals surface area contributed by atoms with Crippen LogP contribution in [0.25, 0.3) is 5.69 Å². The fourth-order valence-corrected chi connectivity index (χ4v) is 2.75. The van der Waals surface area contributed by atoms with Crippen LogP contribution in [0.4, 0.5) is 8.78 Å². The number of imide groups is 1. The summed E-state index contributed by atoms with van der Waals surface area (Å²) in [6.45, 7) is -0.0256. The number of benzene rings is 2. The van der Waals surface area contributed by atoms with Gasteiger partial charge < -0.3 is 0 Å². The highest BCUT2D eigenvalue weighted by molar-refractivity contribution is 6.21. The maximum Gasteiger partial charge on any atom is 0.262 e. The van der Waals surface area contributed by atoms with Gasteiger partial charge in [0.05, 0.1) is 29.1 Å². The third-order valence-electron chi connectivity index (χ3n) is 3.99. The molecule has 1 aromatic heterocycles. The molecule has 0 unspecified atom stereocenters. The zero-order valence-electron chi connectivity index (χ0n) is 12.8. The molecule has 124 valence electrons. The molecule has 5 nitrogen and oxygen atoms in total. The molecule has 0 spiro atoms. The Morgan fingerprint density at radius 2 is 1.52 bits per heavy atom. The number of fused-ring (bicyclic) bond motifs is 1. The molecule has 1 aliphatic rings. The summed E-state index contributed by atoms with van der Waals surface area (Å²) in [7, 11) is 0. The van der Waals surface area contributed by atoms with Gasteiger partial charge in [0.1, 0.15) is 11.6 Å². The summed E-state index contributed by atoms with van der Waals surface area (Å²) >= 11 is 0. The molecular formula is C18H11F2N3O2. The molecule has 2 aromatic carbocycles. The average Bonchev–Trinajstić information content (AvgIpc) is 3.15. The monoisotopic (exact) mass is 339 g/mol. The second kappa shape index (κ2) is 5.62. The van der Waals surface area contributed by atoms with E-state index in [-0.39, 0.29) is 23.5 Å². The van der Waals surface area contributed by atoms with Crippen molar-refractivity contribution in [2.24, 2.45) is 0 Å². The van der Waals surface area contributed by atoms with E-state index >= 15 is 0 Å². The zero-order valence-corrected chi connectivity index (χ0v) is 12.8. The summed E-state index contributed by atoms with van der Waals surface area (Å²) < 4.78 is 27.8. The number of amides is 2. The van der Waals surface area contributed by atoms with Crippen molar-refractivity contribution in [2.45, 2.75) is 6.54 Å². The van der Waals surface area contributed by atoms with Crippen LogP contribution in [0, 0.1) is 11.6 Å². The number of carbonyl (C=O) groups is 2. The molecule has 7 heteroatoms.